The van der Waals surface area contributed by atoms with Crippen LogP contribution in [0.4, 0.5) is 35.7 Å². The number of aromatic nitrogens is 2. The minimum Gasteiger partial charge on any atom is -0.356 e. The van der Waals surface area contributed by atoms with Crippen molar-refractivity contribution in [1.82, 2.24) is 9.97 Å². The molecule has 126 valence electrons. The van der Waals surface area contributed by atoms with Crippen molar-refractivity contribution >= 4 is 16.3 Å². The number of nitrogens with zero attached hydrogens (tertiary/aromatic N) is 3. The number of alkyl halides is 6. The minimum absolute atomic E-state index is 0.0489. The maximum atomic E-state index is 13.1. The number of thiazole rings is 1. The van der Waals surface area contributed by atoms with Gasteiger partial charge in [-0.3, -0.25) is 4.98 Å². The number of hydrogen-bond donors (Lipinski definition) is 0. The molecule has 0 aliphatic rings. The van der Waals surface area contributed by atoms with Gasteiger partial charge in [-0.1, -0.05) is 11.3 Å². The van der Waals surface area contributed by atoms with Crippen LogP contribution in [0.1, 0.15) is 5.69 Å². The Labute approximate surface area is 129 Å². The third-order valence-corrected chi connectivity index (χ3v) is 3.81. The van der Waals surface area contributed by atoms with Gasteiger partial charge in [0.15, 0.2) is 5.69 Å². The predicted molar refractivity (Wildman–Crippen MR) is 69.6 cm³/mol. The lowest BCUT2D eigenvalue weighted by atomic mass is 10.3. The van der Waals surface area contributed by atoms with E-state index in [1.807, 2.05) is 0 Å². The fraction of sp³-hybridized carbons (Fsp3) is 0.333. The van der Waals surface area contributed by atoms with Crippen molar-refractivity contribution in [2.24, 2.45) is 0 Å². The molecule has 0 aliphatic heterocycles. The van der Waals surface area contributed by atoms with Crippen molar-refractivity contribution in [3.8, 4) is 10.6 Å². The first-order valence-corrected chi connectivity index (χ1v) is 6.76. The number of pyridine rings is 1. The fourth-order valence-corrected chi connectivity index (χ4v) is 2.78. The summed E-state index contributed by atoms with van der Waals surface area (Å²) in [4.78, 5) is 7.22. The zero-order chi connectivity index (χ0) is 17.4. The molecule has 0 aliphatic carbocycles. The van der Waals surface area contributed by atoms with Gasteiger partial charge >= 0.3 is 12.4 Å². The molecule has 3 nitrogen and oxygen atoms in total. The molecule has 0 saturated heterocycles. The lowest BCUT2D eigenvalue weighted by Gasteiger charge is -2.20. The molecule has 11 heteroatoms. The molecule has 0 spiro atoms. The molecule has 0 aromatic carbocycles. The van der Waals surface area contributed by atoms with Gasteiger partial charge in [0.2, 0.25) is 0 Å². The highest BCUT2D eigenvalue weighted by atomic mass is 32.1. The Morgan fingerprint density at radius 2 is 1.78 bits per heavy atom. The molecule has 0 amide bonds. The van der Waals surface area contributed by atoms with E-state index >= 15 is 0 Å². The molecule has 2 aromatic rings. The Balaban J connectivity index is 2.49. The Morgan fingerprint density at radius 1 is 1.13 bits per heavy atom. The summed E-state index contributed by atoms with van der Waals surface area (Å²) in [7, 11) is 0.879. The van der Waals surface area contributed by atoms with E-state index in [2.05, 4.69) is 9.97 Å². The molecule has 0 unspecified atom stereocenters. The van der Waals surface area contributed by atoms with E-state index in [1.165, 1.54) is 0 Å². The number of rotatable bonds is 3. The van der Waals surface area contributed by atoms with E-state index in [1.54, 1.807) is 0 Å². The van der Waals surface area contributed by atoms with Crippen LogP contribution in [0.15, 0.2) is 18.5 Å². The summed E-state index contributed by atoms with van der Waals surface area (Å²) in [6.07, 6.45) is -7.69. The largest absolute Gasteiger partial charge is 0.436 e. The van der Waals surface area contributed by atoms with E-state index in [-0.39, 0.29) is 10.6 Å². The van der Waals surface area contributed by atoms with E-state index in [0.29, 0.717) is 16.2 Å². The van der Waals surface area contributed by atoms with Crippen molar-refractivity contribution in [2.45, 2.75) is 12.4 Å². The van der Waals surface area contributed by atoms with Crippen molar-refractivity contribution in [1.29, 1.82) is 0 Å². The smallest absolute Gasteiger partial charge is 0.356 e. The van der Waals surface area contributed by atoms with Crippen molar-refractivity contribution < 1.29 is 30.7 Å². The van der Waals surface area contributed by atoms with Gasteiger partial charge in [0.25, 0.3) is 0 Å². The lowest BCUT2D eigenvalue weighted by Crippen LogP contribution is -2.31. The molecule has 0 atom stereocenters. The average Bonchev–Trinajstić information content (AvgIpc) is 2.81. The van der Waals surface area contributed by atoms with E-state index in [9.17, 15) is 30.7 Å². The zero-order valence-electron chi connectivity index (χ0n) is 11.3. The van der Waals surface area contributed by atoms with Gasteiger partial charge in [-0.25, -0.2) is 9.37 Å². The Morgan fingerprint density at radius 3 is 2.30 bits per heavy atom. The second kappa shape index (κ2) is 5.95. The van der Waals surface area contributed by atoms with Gasteiger partial charge in [-0.2, -0.15) is 26.3 Å². The van der Waals surface area contributed by atoms with Crippen molar-refractivity contribution in [3.05, 3.63) is 30.0 Å². The maximum Gasteiger partial charge on any atom is 0.436 e. The molecule has 0 N–H and O–H groups in total. The monoisotopic (exact) mass is 359 g/mol. The van der Waals surface area contributed by atoms with Gasteiger partial charge in [0.1, 0.15) is 22.4 Å². The fourth-order valence-electron chi connectivity index (χ4n) is 1.75. The summed E-state index contributed by atoms with van der Waals surface area (Å²) < 4.78 is 89.3. The van der Waals surface area contributed by atoms with E-state index in [4.69, 9.17) is 0 Å². The molecule has 0 radical (unpaired) electrons. The second-order valence-electron chi connectivity index (χ2n) is 4.53. The summed E-state index contributed by atoms with van der Waals surface area (Å²) in [5.41, 5.74) is -1.50. The maximum absolute atomic E-state index is 13.1. The van der Waals surface area contributed by atoms with Crippen LogP contribution in [0.3, 0.4) is 0 Å². The minimum atomic E-state index is -4.94. The summed E-state index contributed by atoms with van der Waals surface area (Å²) in [5, 5.41) is -0.970. The standard InChI is InChI=1S/C12H8F7N3S/c1-22(5-11(14,15)16)10-8(12(17,18)19)21-9(23-10)6-2-7(13)4-20-3-6/h2-4H,5H2,1H3. The van der Waals surface area contributed by atoms with Gasteiger partial charge < -0.3 is 4.90 Å². The topological polar surface area (TPSA) is 29.0 Å². The first-order chi connectivity index (χ1) is 10.5. The van der Waals surface area contributed by atoms with Crippen LogP contribution in [0.2, 0.25) is 0 Å². The van der Waals surface area contributed by atoms with Crippen LogP contribution in [-0.4, -0.2) is 29.7 Å². The van der Waals surface area contributed by atoms with Crippen LogP contribution >= 0.6 is 11.3 Å². The number of anilines is 1. The number of hydrogen-bond acceptors (Lipinski definition) is 4. The van der Waals surface area contributed by atoms with Crippen LogP contribution in [0.25, 0.3) is 10.6 Å². The Hall–Kier alpha value is -1.91. The first-order valence-electron chi connectivity index (χ1n) is 5.94. The third kappa shape index (κ3) is 4.30. The molecule has 2 rings (SSSR count). The van der Waals surface area contributed by atoms with Gasteiger partial charge in [0, 0.05) is 18.8 Å². The zero-order valence-corrected chi connectivity index (χ0v) is 12.2. The van der Waals surface area contributed by atoms with Crippen LogP contribution in [-0.2, 0) is 6.18 Å². The molecule has 0 saturated carbocycles. The Kier molecular flexibility index (Phi) is 4.51. The summed E-state index contributed by atoms with van der Waals surface area (Å²) >= 11 is 0.385. The molecular formula is C12H8F7N3S. The molecule has 2 aromatic heterocycles. The lowest BCUT2D eigenvalue weighted by molar-refractivity contribution is -0.141. The van der Waals surface area contributed by atoms with Gasteiger partial charge in [-0.05, 0) is 6.07 Å². The summed E-state index contributed by atoms with van der Waals surface area (Å²) in [6, 6.07) is 0.902. The van der Waals surface area contributed by atoms with Crippen LogP contribution in [0, 0.1) is 5.82 Å². The van der Waals surface area contributed by atoms with E-state index in [0.717, 1.165) is 25.5 Å². The molecule has 2 heterocycles. The van der Waals surface area contributed by atoms with Crippen molar-refractivity contribution in [2.75, 3.05) is 18.5 Å². The second-order valence-corrected chi connectivity index (χ2v) is 5.51. The summed E-state index contributed by atoms with van der Waals surface area (Å²) in [6.45, 7) is -1.57. The van der Waals surface area contributed by atoms with Gasteiger partial charge in [0.05, 0.1) is 6.20 Å². The Bertz CT molecular complexity index is 693. The SMILES string of the molecule is CN(CC(F)(F)F)c1sc(-c2cncc(F)c2)nc1C(F)(F)F. The first kappa shape index (κ1) is 17.4. The molecule has 0 bridgehead atoms. The summed E-state index contributed by atoms with van der Waals surface area (Å²) in [5.74, 6) is -0.795. The molecule has 23 heavy (non-hydrogen) atoms. The van der Waals surface area contributed by atoms with Crippen LogP contribution in [0.5, 0.6) is 0 Å². The van der Waals surface area contributed by atoms with Gasteiger partial charge in [-0.15, -0.1) is 0 Å². The van der Waals surface area contributed by atoms with Crippen LogP contribution < -0.4 is 4.90 Å². The average molecular weight is 359 g/mol. The highest BCUT2D eigenvalue weighted by molar-refractivity contribution is 7.19. The highest BCUT2D eigenvalue weighted by Gasteiger charge is 2.40. The van der Waals surface area contributed by atoms with E-state index < -0.39 is 35.4 Å². The highest BCUT2D eigenvalue weighted by Crippen LogP contribution is 2.43. The predicted octanol–water partition coefficient (Wildman–Crippen LogP) is 4.36. The third-order valence-electron chi connectivity index (χ3n) is 2.59. The normalized spacial score (nSPS) is 12.5. The number of halogens is 7. The quantitative estimate of drug-likeness (QED) is 0.763. The van der Waals surface area contributed by atoms with Crippen molar-refractivity contribution in [3.63, 3.8) is 0 Å². The molecule has 0 fully saturated rings. The molecular weight excluding hydrogens is 351 g/mol.